The molecule has 1 aromatic rings. The molecule has 3 aliphatic rings. The molecule has 46 heavy (non-hydrogen) atoms. The molecule has 1 amide bonds. The average molecular weight is 638 g/mol. The van der Waals surface area contributed by atoms with Crippen molar-refractivity contribution in [3.63, 3.8) is 0 Å². The summed E-state index contributed by atoms with van der Waals surface area (Å²) in [4.78, 5) is 54.3. The molecule has 0 spiro atoms. The maximum atomic E-state index is 13.8. The Labute approximate surface area is 270 Å². The van der Waals surface area contributed by atoms with Gasteiger partial charge in [0.2, 0.25) is 5.78 Å². The molecule has 0 aromatic heterocycles. The monoisotopic (exact) mass is 637 g/mol. The second-order valence-electron chi connectivity index (χ2n) is 13.1. The predicted molar refractivity (Wildman–Crippen MR) is 173 cm³/mol. The second kappa shape index (κ2) is 14.4. The lowest BCUT2D eigenvalue weighted by molar-refractivity contribution is -0.116. The van der Waals surface area contributed by atoms with Crippen LogP contribution in [-0.2, 0) is 4.79 Å². The van der Waals surface area contributed by atoms with Crippen LogP contribution in [0.15, 0.2) is 52.8 Å². The zero-order valence-electron chi connectivity index (χ0n) is 28.0. The van der Waals surface area contributed by atoms with E-state index in [2.05, 4.69) is 5.32 Å². The Kier molecular flexibility index (Phi) is 11.5. The molecule has 1 aliphatic carbocycles. The fraction of sp³-hybridized carbons (Fsp3) is 0.500. The number of Topliss-reactive ketones (excluding diaryl/α,β-unsaturated/α-hetero) is 3. The van der Waals surface area contributed by atoms with Gasteiger partial charge in [-0.25, -0.2) is 0 Å². The normalized spacial score (nSPS) is 35.3. The van der Waals surface area contributed by atoms with Crippen molar-refractivity contribution < 1.29 is 44.7 Å². The van der Waals surface area contributed by atoms with E-state index in [4.69, 9.17) is 0 Å². The summed E-state index contributed by atoms with van der Waals surface area (Å²) in [6, 6.07) is 1.31. The van der Waals surface area contributed by atoms with E-state index in [1.54, 1.807) is 46.8 Å². The van der Waals surface area contributed by atoms with E-state index in [-0.39, 0.29) is 44.7 Å². The van der Waals surface area contributed by atoms with Gasteiger partial charge < -0.3 is 30.8 Å². The van der Waals surface area contributed by atoms with E-state index in [1.807, 2.05) is 0 Å². The van der Waals surface area contributed by atoms with Gasteiger partial charge in [-0.2, -0.15) is 0 Å². The van der Waals surface area contributed by atoms with Crippen LogP contribution in [0.1, 0.15) is 92.0 Å². The predicted octanol–water partition coefficient (Wildman–Crippen LogP) is 3.74. The highest BCUT2D eigenvalue weighted by atomic mass is 16.3. The smallest absolute Gasteiger partial charge is 0.251 e. The van der Waals surface area contributed by atoms with Crippen LogP contribution < -0.4 is 5.32 Å². The van der Waals surface area contributed by atoms with Gasteiger partial charge in [0.25, 0.3) is 5.91 Å². The lowest BCUT2D eigenvalue weighted by Crippen LogP contribution is -2.45. The largest absolute Gasteiger partial charge is 0.507 e. The van der Waals surface area contributed by atoms with Gasteiger partial charge in [-0.3, -0.25) is 19.2 Å². The number of fused-ring (bicyclic) bond motifs is 15. The molecule has 9 atom stereocenters. The molecule has 1 aromatic carbocycles. The molecule has 0 radical (unpaired) electrons. The molecular weight excluding hydrogens is 590 g/mol. The molecule has 250 valence electrons. The Morgan fingerprint density at radius 2 is 1.17 bits per heavy atom. The zero-order chi connectivity index (χ0) is 34.9. The first kappa shape index (κ1) is 36.8. The minimum absolute atomic E-state index is 0.0859. The lowest BCUT2D eigenvalue weighted by Gasteiger charge is -2.36. The highest BCUT2D eigenvalue weighted by Crippen LogP contribution is 2.37. The van der Waals surface area contributed by atoms with Gasteiger partial charge in [-0.15, -0.1) is 0 Å². The molecular formula is C36H47NO9. The SMILES string of the molecule is CC1=C2NC(=O)/C(C)=C\C=C/C(C)C(O)C(C)C(O)C(C)C(O)C(C)C(O)C(C)/C=C(/C)C(=O)c3c(O)c(C)cc(c3C1=O)C2=O. The van der Waals surface area contributed by atoms with Crippen molar-refractivity contribution in [3.05, 3.63) is 75.0 Å². The van der Waals surface area contributed by atoms with Crippen LogP contribution in [0.2, 0.25) is 0 Å². The number of benzene rings is 1. The molecule has 0 saturated carbocycles. The topological polar surface area (TPSA) is 181 Å². The summed E-state index contributed by atoms with van der Waals surface area (Å²) in [6.07, 6.45) is 1.71. The number of hydrogen-bond donors (Lipinski definition) is 6. The summed E-state index contributed by atoms with van der Waals surface area (Å²) >= 11 is 0. The van der Waals surface area contributed by atoms with Crippen molar-refractivity contribution in [2.45, 2.75) is 86.7 Å². The number of ketones is 3. The molecule has 10 nitrogen and oxygen atoms in total. The number of carbonyl (C=O) groups is 4. The van der Waals surface area contributed by atoms with Crippen molar-refractivity contribution in [2.75, 3.05) is 0 Å². The van der Waals surface area contributed by atoms with Gasteiger partial charge >= 0.3 is 0 Å². The Hall–Kier alpha value is -3.70. The summed E-state index contributed by atoms with van der Waals surface area (Å²) in [7, 11) is 0. The molecule has 2 heterocycles. The highest BCUT2D eigenvalue weighted by molar-refractivity contribution is 6.31. The third-order valence-corrected chi connectivity index (χ3v) is 9.67. The van der Waals surface area contributed by atoms with E-state index in [9.17, 15) is 44.7 Å². The number of aliphatic hydroxyl groups is 4. The van der Waals surface area contributed by atoms with Crippen LogP contribution in [0.3, 0.4) is 0 Å². The summed E-state index contributed by atoms with van der Waals surface area (Å²) in [6.45, 7) is 14.1. The number of phenols is 1. The first-order valence-electron chi connectivity index (χ1n) is 15.6. The molecule has 4 bridgehead atoms. The molecule has 0 fully saturated rings. The van der Waals surface area contributed by atoms with E-state index in [0.717, 1.165) is 0 Å². The number of hydrogen-bond acceptors (Lipinski definition) is 9. The second-order valence-corrected chi connectivity index (χ2v) is 13.1. The maximum absolute atomic E-state index is 13.8. The molecule has 4 rings (SSSR count). The Balaban J connectivity index is 2.20. The standard InChI is InChI=1S/C36H47NO9/c1-15-11-10-12-16(2)36(46)37-27-20(6)34(44)25-24(35(27)45)14-19(5)31(41)26(25)30(40)18(4)13-17(3)29(39)22(8)33(43)23(9)32(42)21(7)28(15)38/h10-15,17,21-23,28-29,32-33,38-39,41-43H,1-9H3,(H,37,46)/b11-10-,16-12-,18-13-. The summed E-state index contributed by atoms with van der Waals surface area (Å²) in [5, 5.41) is 57.9. The number of phenolic OH excluding ortho intramolecular Hbond substituents is 1. The minimum atomic E-state index is -1.18. The Bertz CT molecular complexity index is 1550. The summed E-state index contributed by atoms with van der Waals surface area (Å²) in [5.41, 5.74) is -0.621. The number of rotatable bonds is 0. The first-order chi connectivity index (χ1) is 21.3. The zero-order valence-corrected chi connectivity index (χ0v) is 28.0. The fourth-order valence-electron chi connectivity index (χ4n) is 6.26. The first-order valence-corrected chi connectivity index (χ1v) is 15.6. The van der Waals surface area contributed by atoms with Gasteiger partial charge in [0.05, 0.1) is 35.7 Å². The van der Waals surface area contributed by atoms with E-state index < -0.39 is 83.0 Å². The van der Waals surface area contributed by atoms with Crippen LogP contribution in [0.4, 0.5) is 0 Å². The Morgan fingerprint density at radius 3 is 1.74 bits per heavy atom. The van der Waals surface area contributed by atoms with Gasteiger partial charge in [-0.05, 0) is 44.9 Å². The number of aromatic hydroxyl groups is 1. The molecule has 6 N–H and O–H groups in total. The number of amides is 1. The Morgan fingerprint density at radius 1 is 0.652 bits per heavy atom. The van der Waals surface area contributed by atoms with Gasteiger partial charge in [-0.1, -0.05) is 58.9 Å². The van der Waals surface area contributed by atoms with Crippen LogP contribution in [0.25, 0.3) is 0 Å². The number of aryl methyl sites for hydroxylation is 1. The fourth-order valence-corrected chi connectivity index (χ4v) is 6.26. The number of aliphatic hydroxyl groups excluding tert-OH is 4. The van der Waals surface area contributed by atoms with Crippen LogP contribution >= 0.6 is 0 Å². The van der Waals surface area contributed by atoms with Gasteiger partial charge in [0.15, 0.2) is 11.6 Å². The molecule has 0 saturated heterocycles. The van der Waals surface area contributed by atoms with Crippen molar-refractivity contribution >= 4 is 23.3 Å². The molecule has 2 aliphatic heterocycles. The van der Waals surface area contributed by atoms with Crippen LogP contribution in [0, 0.1) is 36.5 Å². The summed E-state index contributed by atoms with van der Waals surface area (Å²) < 4.78 is 0. The number of allylic oxidation sites excluding steroid dienone is 5. The third-order valence-electron chi connectivity index (χ3n) is 9.67. The minimum Gasteiger partial charge on any atom is -0.507 e. The van der Waals surface area contributed by atoms with Crippen molar-refractivity contribution in [1.82, 2.24) is 5.32 Å². The summed E-state index contributed by atoms with van der Waals surface area (Å²) in [5.74, 6) is -6.53. The van der Waals surface area contributed by atoms with E-state index in [1.165, 1.54) is 45.9 Å². The molecule has 10 heteroatoms. The lowest BCUT2D eigenvalue weighted by atomic mass is 9.77. The average Bonchev–Trinajstić information content (AvgIpc) is 3.02. The van der Waals surface area contributed by atoms with E-state index in [0.29, 0.717) is 0 Å². The highest BCUT2D eigenvalue weighted by Gasteiger charge is 2.39. The number of carbonyl (C=O) groups excluding carboxylic acids is 4. The van der Waals surface area contributed by atoms with Crippen LogP contribution in [0.5, 0.6) is 5.75 Å². The van der Waals surface area contributed by atoms with Gasteiger partial charge in [0.1, 0.15) is 5.75 Å². The van der Waals surface area contributed by atoms with E-state index >= 15 is 0 Å². The van der Waals surface area contributed by atoms with Crippen molar-refractivity contribution in [2.24, 2.45) is 29.6 Å². The van der Waals surface area contributed by atoms with Crippen LogP contribution in [-0.4, -0.2) is 73.2 Å². The maximum Gasteiger partial charge on any atom is 0.251 e. The third kappa shape index (κ3) is 7.00. The van der Waals surface area contributed by atoms with Crippen molar-refractivity contribution in [3.8, 4) is 5.75 Å². The number of nitrogens with one attached hydrogen (secondary N) is 1. The molecule has 9 unspecified atom stereocenters. The van der Waals surface area contributed by atoms with Gasteiger partial charge in [0, 0.05) is 51.9 Å². The quantitative estimate of drug-likeness (QED) is 0.247. The van der Waals surface area contributed by atoms with Crippen molar-refractivity contribution in [1.29, 1.82) is 0 Å².